The Hall–Kier alpha value is -2.70. The third-order valence-corrected chi connectivity index (χ3v) is 7.45. The van der Waals surface area contributed by atoms with Crippen molar-refractivity contribution in [3.05, 3.63) is 58.7 Å². The van der Waals surface area contributed by atoms with Crippen LogP contribution in [0.25, 0.3) is 0 Å². The Balaban J connectivity index is 0.000000273. The molecule has 0 unspecified atom stereocenters. The molecule has 210 valence electrons. The van der Waals surface area contributed by atoms with Crippen LogP contribution in [0, 0.1) is 27.7 Å². The molecule has 2 N–H and O–H groups in total. The quantitative estimate of drug-likeness (QED) is 0.375. The Bertz CT molecular complexity index is 992. The molecule has 6 nitrogen and oxygen atoms in total. The largest absolute Gasteiger partial charge is 0.324 e. The van der Waals surface area contributed by atoms with E-state index in [2.05, 4.69) is 67.2 Å². The van der Waals surface area contributed by atoms with Crippen LogP contribution in [-0.2, 0) is 9.59 Å². The number of para-hydroxylation sites is 2. The topological polar surface area (TPSA) is 64.7 Å². The molecular weight excluding hydrogens is 472 g/mol. The second kappa shape index (κ2) is 16.3. The first kappa shape index (κ1) is 31.5. The molecule has 2 aromatic carbocycles. The standard InChI is InChI=1S/C18H28N2O.C14H22N2O/c1-4-5-12-20-13-7-6-11-16(20)18(21)19-17-14(2)9-8-10-15(17)3;1-5-16(6-2)10-13(17)15-14-11(3)8-7-9-12(14)4/h8-10,16H,4-7,11-13H2,1-3H3,(H,19,21);7-9H,5-6,10H2,1-4H3,(H,15,17)/t16-;/m0./s1. The minimum atomic E-state index is 0.0457. The van der Waals surface area contributed by atoms with Crippen LogP contribution in [-0.4, -0.2) is 60.4 Å². The maximum Gasteiger partial charge on any atom is 0.241 e. The number of unbranched alkanes of at least 4 members (excludes halogenated alkanes) is 1. The van der Waals surface area contributed by atoms with Gasteiger partial charge in [-0.05, 0) is 95.4 Å². The van der Waals surface area contributed by atoms with Crippen LogP contribution in [0.1, 0.15) is 75.1 Å². The predicted molar refractivity (Wildman–Crippen MR) is 161 cm³/mol. The molecule has 3 rings (SSSR count). The van der Waals surface area contributed by atoms with Gasteiger partial charge >= 0.3 is 0 Å². The number of benzene rings is 2. The molecule has 0 spiro atoms. The fourth-order valence-electron chi connectivity index (χ4n) is 4.98. The van der Waals surface area contributed by atoms with Crippen LogP contribution < -0.4 is 10.6 Å². The van der Waals surface area contributed by atoms with Crippen LogP contribution in [0.5, 0.6) is 0 Å². The normalized spacial score (nSPS) is 15.5. The number of carbonyl (C=O) groups is 2. The number of nitrogens with zero attached hydrogens (tertiary/aromatic N) is 2. The molecule has 1 aliphatic rings. The number of rotatable bonds is 10. The number of hydrogen-bond donors (Lipinski definition) is 2. The van der Waals surface area contributed by atoms with E-state index in [1.807, 2.05) is 38.1 Å². The van der Waals surface area contributed by atoms with Gasteiger partial charge in [-0.25, -0.2) is 0 Å². The smallest absolute Gasteiger partial charge is 0.241 e. The highest BCUT2D eigenvalue weighted by molar-refractivity contribution is 5.96. The first-order valence-corrected chi connectivity index (χ1v) is 14.4. The van der Waals surface area contributed by atoms with E-state index in [1.165, 1.54) is 19.3 Å². The van der Waals surface area contributed by atoms with Crippen molar-refractivity contribution in [3.63, 3.8) is 0 Å². The second-order valence-corrected chi connectivity index (χ2v) is 10.4. The highest BCUT2D eigenvalue weighted by Gasteiger charge is 2.28. The summed E-state index contributed by atoms with van der Waals surface area (Å²) in [5, 5.41) is 6.17. The third-order valence-electron chi connectivity index (χ3n) is 7.45. The van der Waals surface area contributed by atoms with E-state index in [9.17, 15) is 9.59 Å². The fourth-order valence-corrected chi connectivity index (χ4v) is 4.98. The molecule has 1 aliphatic heterocycles. The lowest BCUT2D eigenvalue weighted by Crippen LogP contribution is -2.47. The summed E-state index contributed by atoms with van der Waals surface area (Å²) >= 11 is 0. The molecule has 0 aliphatic carbocycles. The van der Waals surface area contributed by atoms with Crippen LogP contribution in [0.2, 0.25) is 0 Å². The van der Waals surface area contributed by atoms with E-state index in [4.69, 9.17) is 0 Å². The summed E-state index contributed by atoms with van der Waals surface area (Å²) in [6, 6.07) is 12.2. The summed E-state index contributed by atoms with van der Waals surface area (Å²) < 4.78 is 0. The molecule has 1 atom stereocenters. The van der Waals surface area contributed by atoms with Crippen LogP contribution in [0.3, 0.4) is 0 Å². The van der Waals surface area contributed by atoms with E-state index in [0.29, 0.717) is 6.54 Å². The first-order chi connectivity index (χ1) is 18.2. The summed E-state index contributed by atoms with van der Waals surface area (Å²) in [5.41, 5.74) is 6.43. The van der Waals surface area contributed by atoms with Crippen molar-refractivity contribution in [2.75, 3.05) is 43.4 Å². The molecule has 1 saturated heterocycles. The van der Waals surface area contributed by atoms with Crippen molar-refractivity contribution in [2.45, 2.75) is 86.6 Å². The minimum Gasteiger partial charge on any atom is -0.324 e. The molecule has 2 aromatic rings. The molecule has 1 fully saturated rings. The number of anilines is 2. The van der Waals surface area contributed by atoms with E-state index in [1.54, 1.807) is 0 Å². The highest BCUT2D eigenvalue weighted by Crippen LogP contribution is 2.23. The summed E-state index contributed by atoms with van der Waals surface area (Å²) in [6.07, 6.45) is 5.72. The van der Waals surface area contributed by atoms with Crippen LogP contribution in [0.15, 0.2) is 36.4 Å². The predicted octanol–water partition coefficient (Wildman–Crippen LogP) is 6.48. The average Bonchev–Trinajstić information content (AvgIpc) is 2.91. The second-order valence-electron chi connectivity index (χ2n) is 10.4. The molecule has 38 heavy (non-hydrogen) atoms. The number of nitrogens with one attached hydrogen (secondary N) is 2. The zero-order valence-electron chi connectivity index (χ0n) is 24.8. The van der Waals surface area contributed by atoms with E-state index in [-0.39, 0.29) is 17.9 Å². The number of piperidine rings is 1. The molecule has 0 saturated carbocycles. The molecular formula is C32H50N4O2. The van der Waals surface area contributed by atoms with Gasteiger partial charge in [-0.3, -0.25) is 19.4 Å². The zero-order valence-corrected chi connectivity index (χ0v) is 24.8. The van der Waals surface area contributed by atoms with Gasteiger partial charge in [0.2, 0.25) is 11.8 Å². The summed E-state index contributed by atoms with van der Waals surface area (Å²) in [7, 11) is 0. The van der Waals surface area contributed by atoms with Crippen molar-refractivity contribution in [2.24, 2.45) is 0 Å². The molecule has 6 heteroatoms. The Morgan fingerprint density at radius 1 is 0.842 bits per heavy atom. The van der Waals surface area contributed by atoms with Crippen molar-refractivity contribution < 1.29 is 9.59 Å². The van der Waals surface area contributed by atoms with E-state index in [0.717, 1.165) is 72.6 Å². The first-order valence-electron chi connectivity index (χ1n) is 14.4. The van der Waals surface area contributed by atoms with Crippen molar-refractivity contribution >= 4 is 23.2 Å². The maximum atomic E-state index is 12.7. The van der Waals surface area contributed by atoms with Crippen LogP contribution in [0.4, 0.5) is 11.4 Å². The monoisotopic (exact) mass is 522 g/mol. The number of aryl methyl sites for hydroxylation is 4. The lowest BCUT2D eigenvalue weighted by Gasteiger charge is -2.34. The SMILES string of the molecule is CCCCN1CCCC[C@H]1C(=O)Nc1c(C)cccc1C.CCN(CC)CC(=O)Nc1c(C)cccc1C. The van der Waals surface area contributed by atoms with Gasteiger partial charge in [-0.1, -0.05) is 70.0 Å². The molecule has 0 bridgehead atoms. The minimum absolute atomic E-state index is 0.0457. The lowest BCUT2D eigenvalue weighted by atomic mass is 10.00. The molecule has 0 aromatic heterocycles. The van der Waals surface area contributed by atoms with Crippen molar-refractivity contribution in [3.8, 4) is 0 Å². The zero-order chi connectivity index (χ0) is 28.1. The summed E-state index contributed by atoms with van der Waals surface area (Å²) in [6.45, 7) is 18.8. The Morgan fingerprint density at radius 2 is 1.37 bits per heavy atom. The Labute approximate surface area is 231 Å². The van der Waals surface area contributed by atoms with Gasteiger partial charge in [-0.15, -0.1) is 0 Å². The van der Waals surface area contributed by atoms with Gasteiger partial charge in [0.1, 0.15) is 0 Å². The average molecular weight is 523 g/mol. The summed E-state index contributed by atoms with van der Waals surface area (Å²) in [4.78, 5) is 29.1. The Kier molecular flexibility index (Phi) is 13.5. The fraction of sp³-hybridized carbons (Fsp3) is 0.562. The van der Waals surface area contributed by atoms with Crippen molar-refractivity contribution in [1.82, 2.24) is 9.80 Å². The molecule has 1 heterocycles. The van der Waals surface area contributed by atoms with Crippen LogP contribution >= 0.6 is 0 Å². The number of likely N-dealkylation sites (N-methyl/N-ethyl adjacent to an activating group) is 1. The number of amides is 2. The molecule has 0 radical (unpaired) electrons. The van der Waals surface area contributed by atoms with Gasteiger partial charge in [0.05, 0.1) is 12.6 Å². The van der Waals surface area contributed by atoms with Gasteiger partial charge in [0.25, 0.3) is 0 Å². The Morgan fingerprint density at radius 3 is 1.87 bits per heavy atom. The van der Waals surface area contributed by atoms with Crippen molar-refractivity contribution in [1.29, 1.82) is 0 Å². The number of carbonyl (C=O) groups excluding carboxylic acids is 2. The number of likely N-dealkylation sites (tertiary alicyclic amines) is 1. The van der Waals surface area contributed by atoms with Gasteiger partial charge in [0.15, 0.2) is 0 Å². The van der Waals surface area contributed by atoms with Gasteiger partial charge in [0, 0.05) is 11.4 Å². The van der Waals surface area contributed by atoms with Gasteiger partial charge < -0.3 is 10.6 Å². The van der Waals surface area contributed by atoms with E-state index < -0.39 is 0 Å². The van der Waals surface area contributed by atoms with Gasteiger partial charge in [-0.2, -0.15) is 0 Å². The van der Waals surface area contributed by atoms with E-state index >= 15 is 0 Å². The summed E-state index contributed by atoms with van der Waals surface area (Å²) in [5.74, 6) is 0.231. The lowest BCUT2D eigenvalue weighted by molar-refractivity contribution is -0.122. The number of hydrogen-bond acceptors (Lipinski definition) is 4. The molecule has 2 amide bonds. The highest BCUT2D eigenvalue weighted by atomic mass is 16.2. The third kappa shape index (κ3) is 9.55. The maximum absolute atomic E-state index is 12.7.